The van der Waals surface area contributed by atoms with Crippen LogP contribution in [-0.2, 0) is 4.74 Å². The summed E-state index contributed by atoms with van der Waals surface area (Å²) in [5, 5.41) is 0. The number of hydrogen-bond donors (Lipinski definition) is 1. The van der Waals surface area contributed by atoms with E-state index in [-0.39, 0.29) is 0 Å². The largest absolute Gasteiger partial charge is 0.367 e. The predicted octanol–water partition coefficient (Wildman–Crippen LogP) is -1.08. The van der Waals surface area contributed by atoms with E-state index in [9.17, 15) is 0 Å². The first kappa shape index (κ1) is 6.05. The molecule has 1 rings (SSSR count). The van der Waals surface area contributed by atoms with Crippen molar-refractivity contribution in [2.75, 3.05) is 26.7 Å². The van der Waals surface area contributed by atoms with E-state index in [4.69, 9.17) is 4.74 Å². The van der Waals surface area contributed by atoms with Crippen molar-refractivity contribution in [3.8, 4) is 0 Å². The fourth-order valence-electron chi connectivity index (χ4n) is 1.09. The van der Waals surface area contributed by atoms with Gasteiger partial charge in [-0.1, -0.05) is 0 Å². The summed E-state index contributed by atoms with van der Waals surface area (Å²) in [7, 11) is 2.21. The minimum absolute atomic E-state index is 0.476. The van der Waals surface area contributed by atoms with E-state index in [2.05, 4.69) is 14.0 Å². The van der Waals surface area contributed by atoms with Gasteiger partial charge in [0.2, 0.25) is 0 Å². The molecule has 0 aromatic heterocycles. The SMILES string of the molecule is CC1C[NH+](C)CCO1. The van der Waals surface area contributed by atoms with Crippen LogP contribution in [0.3, 0.4) is 0 Å². The van der Waals surface area contributed by atoms with Gasteiger partial charge in [-0.05, 0) is 6.92 Å². The Bertz CT molecular complexity index is 66.9. The number of quaternary nitrogens is 1. The van der Waals surface area contributed by atoms with Gasteiger partial charge >= 0.3 is 0 Å². The molecule has 1 aliphatic heterocycles. The lowest BCUT2D eigenvalue weighted by atomic mass is 10.3. The van der Waals surface area contributed by atoms with E-state index < -0.39 is 0 Å². The number of ether oxygens (including phenoxy) is 1. The standard InChI is InChI=1S/C6H13NO/c1-6-5-7(2)3-4-8-6/h6H,3-5H2,1-2H3/p+1. The molecule has 1 aliphatic rings. The van der Waals surface area contributed by atoms with Gasteiger partial charge in [0.05, 0.1) is 13.7 Å². The van der Waals surface area contributed by atoms with E-state index in [0.717, 1.165) is 6.61 Å². The lowest BCUT2D eigenvalue weighted by Gasteiger charge is -2.24. The molecule has 1 saturated heterocycles. The van der Waals surface area contributed by atoms with Crippen molar-refractivity contribution >= 4 is 0 Å². The van der Waals surface area contributed by atoms with Crippen LogP contribution in [0.25, 0.3) is 0 Å². The van der Waals surface area contributed by atoms with Crippen molar-refractivity contribution < 1.29 is 9.64 Å². The Balaban J connectivity index is 2.23. The first-order valence-electron chi connectivity index (χ1n) is 3.22. The maximum absolute atomic E-state index is 5.33. The summed E-state index contributed by atoms with van der Waals surface area (Å²) in [6.45, 7) is 5.40. The molecule has 8 heavy (non-hydrogen) atoms. The quantitative estimate of drug-likeness (QED) is 0.425. The molecule has 0 radical (unpaired) electrons. The number of nitrogens with one attached hydrogen (secondary N) is 1. The molecule has 0 aliphatic carbocycles. The van der Waals surface area contributed by atoms with E-state index in [1.807, 2.05) is 0 Å². The average Bonchev–Trinajstić information content (AvgIpc) is 1.64. The molecule has 0 amide bonds. The van der Waals surface area contributed by atoms with Crippen LogP contribution < -0.4 is 4.90 Å². The summed E-state index contributed by atoms with van der Waals surface area (Å²) in [6.07, 6.45) is 0.476. The third-order valence-electron chi connectivity index (χ3n) is 1.57. The maximum atomic E-state index is 5.33. The zero-order valence-electron chi connectivity index (χ0n) is 5.61. The zero-order valence-corrected chi connectivity index (χ0v) is 5.61. The van der Waals surface area contributed by atoms with E-state index in [1.165, 1.54) is 13.1 Å². The number of rotatable bonds is 0. The van der Waals surface area contributed by atoms with Gasteiger partial charge in [-0.25, -0.2) is 0 Å². The lowest BCUT2D eigenvalue weighted by molar-refractivity contribution is -0.891. The topological polar surface area (TPSA) is 13.7 Å². The van der Waals surface area contributed by atoms with E-state index in [1.54, 1.807) is 4.90 Å². The zero-order chi connectivity index (χ0) is 5.98. The maximum Gasteiger partial charge on any atom is 0.104 e. The predicted molar refractivity (Wildman–Crippen MR) is 32.0 cm³/mol. The fourth-order valence-corrected chi connectivity index (χ4v) is 1.09. The van der Waals surface area contributed by atoms with Crippen LogP contribution in [0, 0.1) is 0 Å². The molecular formula is C6H14NO+. The highest BCUT2D eigenvalue weighted by atomic mass is 16.5. The Hall–Kier alpha value is -0.0800. The van der Waals surface area contributed by atoms with Gasteiger partial charge in [0.1, 0.15) is 19.2 Å². The van der Waals surface area contributed by atoms with Crippen molar-refractivity contribution in [1.82, 2.24) is 0 Å². The minimum Gasteiger partial charge on any atom is -0.367 e. The van der Waals surface area contributed by atoms with Crippen LogP contribution in [0.4, 0.5) is 0 Å². The highest BCUT2D eigenvalue weighted by molar-refractivity contribution is 4.48. The molecule has 2 nitrogen and oxygen atoms in total. The summed E-state index contributed by atoms with van der Waals surface area (Å²) >= 11 is 0. The lowest BCUT2D eigenvalue weighted by Crippen LogP contribution is -3.11. The van der Waals surface area contributed by atoms with Crippen LogP contribution in [0.1, 0.15) is 6.92 Å². The third kappa shape index (κ3) is 1.46. The van der Waals surface area contributed by atoms with Gasteiger partial charge in [0.25, 0.3) is 0 Å². The molecule has 0 aromatic carbocycles. The van der Waals surface area contributed by atoms with Gasteiger partial charge in [-0.3, -0.25) is 0 Å². The molecule has 2 heteroatoms. The molecule has 1 fully saturated rings. The van der Waals surface area contributed by atoms with Gasteiger partial charge in [0.15, 0.2) is 0 Å². The van der Waals surface area contributed by atoms with E-state index in [0.29, 0.717) is 6.10 Å². The average molecular weight is 116 g/mol. The smallest absolute Gasteiger partial charge is 0.104 e. The highest BCUT2D eigenvalue weighted by Gasteiger charge is 2.14. The fraction of sp³-hybridized carbons (Fsp3) is 1.00. The normalized spacial score (nSPS) is 39.8. The van der Waals surface area contributed by atoms with Gasteiger partial charge in [-0.15, -0.1) is 0 Å². The van der Waals surface area contributed by atoms with Crippen molar-refractivity contribution in [3.05, 3.63) is 0 Å². The minimum atomic E-state index is 0.476. The van der Waals surface area contributed by atoms with Gasteiger partial charge in [0, 0.05) is 0 Å². The number of hydrogen-bond acceptors (Lipinski definition) is 1. The molecule has 2 unspecified atom stereocenters. The summed E-state index contributed by atoms with van der Waals surface area (Å²) in [6, 6.07) is 0. The molecule has 1 heterocycles. The Morgan fingerprint density at radius 2 is 2.38 bits per heavy atom. The van der Waals surface area contributed by atoms with Gasteiger partial charge in [-0.2, -0.15) is 0 Å². The third-order valence-corrected chi connectivity index (χ3v) is 1.57. The van der Waals surface area contributed by atoms with Crippen LogP contribution >= 0.6 is 0 Å². The van der Waals surface area contributed by atoms with Crippen LogP contribution in [0.5, 0.6) is 0 Å². The van der Waals surface area contributed by atoms with Crippen LogP contribution in [-0.4, -0.2) is 32.8 Å². The molecule has 0 aromatic rings. The Labute approximate surface area is 50.4 Å². The highest BCUT2D eigenvalue weighted by Crippen LogP contribution is 1.87. The van der Waals surface area contributed by atoms with Crippen LogP contribution in [0.2, 0.25) is 0 Å². The molecular weight excluding hydrogens is 102 g/mol. The molecule has 0 spiro atoms. The van der Waals surface area contributed by atoms with Crippen molar-refractivity contribution in [3.63, 3.8) is 0 Å². The molecule has 2 atom stereocenters. The summed E-state index contributed by atoms with van der Waals surface area (Å²) < 4.78 is 5.33. The van der Waals surface area contributed by atoms with Crippen LogP contribution in [0.15, 0.2) is 0 Å². The second kappa shape index (κ2) is 2.46. The Kier molecular flexibility index (Phi) is 1.86. The molecule has 0 saturated carbocycles. The van der Waals surface area contributed by atoms with Crippen molar-refractivity contribution in [2.24, 2.45) is 0 Å². The van der Waals surface area contributed by atoms with Crippen molar-refractivity contribution in [1.29, 1.82) is 0 Å². The van der Waals surface area contributed by atoms with Gasteiger partial charge < -0.3 is 9.64 Å². The summed E-state index contributed by atoms with van der Waals surface area (Å²) in [5.74, 6) is 0. The first-order chi connectivity index (χ1) is 3.79. The van der Waals surface area contributed by atoms with Crippen molar-refractivity contribution in [2.45, 2.75) is 13.0 Å². The number of morpholine rings is 1. The first-order valence-corrected chi connectivity index (χ1v) is 3.22. The molecule has 48 valence electrons. The molecule has 1 N–H and O–H groups in total. The summed E-state index contributed by atoms with van der Waals surface area (Å²) in [5.41, 5.74) is 0. The molecule has 0 bridgehead atoms. The Morgan fingerprint density at radius 3 is 2.75 bits per heavy atom. The van der Waals surface area contributed by atoms with E-state index >= 15 is 0 Å². The summed E-state index contributed by atoms with van der Waals surface area (Å²) in [4.78, 5) is 1.59. The Morgan fingerprint density at radius 1 is 1.62 bits per heavy atom. The second-order valence-corrected chi connectivity index (χ2v) is 2.59. The number of likely N-dealkylation sites (N-methyl/N-ethyl adjacent to an activating group) is 1. The monoisotopic (exact) mass is 116 g/mol. The second-order valence-electron chi connectivity index (χ2n) is 2.59.